The van der Waals surface area contributed by atoms with E-state index >= 15 is 0 Å². The summed E-state index contributed by atoms with van der Waals surface area (Å²) in [5.41, 5.74) is 2.00. The highest BCUT2D eigenvalue weighted by molar-refractivity contribution is 7.98. The van der Waals surface area contributed by atoms with Crippen molar-refractivity contribution in [2.24, 2.45) is 5.92 Å². The van der Waals surface area contributed by atoms with E-state index in [1.807, 2.05) is 44.2 Å². The molecule has 1 atom stereocenters. The first kappa shape index (κ1) is 14.2. The molecule has 2 aromatic rings. The van der Waals surface area contributed by atoms with Crippen LogP contribution in [0.15, 0.2) is 34.7 Å². The molecule has 1 heterocycles. The van der Waals surface area contributed by atoms with Crippen molar-refractivity contribution in [2.45, 2.75) is 19.6 Å². The second-order valence-corrected chi connectivity index (χ2v) is 5.72. The number of hydrogen-bond acceptors (Lipinski definition) is 4. The maximum Gasteiger partial charge on any atom is 0.226 e. The van der Waals surface area contributed by atoms with Gasteiger partial charge in [-0.05, 0) is 30.7 Å². The monoisotopic (exact) mass is 277 g/mol. The average molecular weight is 277 g/mol. The fourth-order valence-electron chi connectivity index (χ4n) is 1.68. The van der Waals surface area contributed by atoms with Gasteiger partial charge in [-0.15, -0.1) is 0 Å². The van der Waals surface area contributed by atoms with Crippen molar-refractivity contribution in [1.82, 2.24) is 4.98 Å². The Morgan fingerprint density at radius 1 is 1.32 bits per heavy atom. The molecule has 1 aromatic carbocycles. The minimum absolute atomic E-state index is 0.236. The van der Waals surface area contributed by atoms with Gasteiger partial charge in [0.05, 0.1) is 5.69 Å². The summed E-state index contributed by atoms with van der Waals surface area (Å²) in [4.78, 5) is 4.55. The van der Waals surface area contributed by atoms with E-state index in [1.54, 1.807) is 11.8 Å². The smallest absolute Gasteiger partial charge is 0.226 e. The lowest BCUT2D eigenvalue weighted by molar-refractivity contribution is 0.250. The van der Waals surface area contributed by atoms with Crippen molar-refractivity contribution < 1.29 is 9.52 Å². The Labute approximate surface area is 118 Å². The van der Waals surface area contributed by atoms with Gasteiger partial charge in [0.15, 0.2) is 0 Å². The summed E-state index contributed by atoms with van der Waals surface area (Å²) in [6.45, 7) is 4.23. The highest BCUT2D eigenvalue weighted by Gasteiger charge is 2.11. The number of hydrogen-bond donors (Lipinski definition) is 1. The lowest BCUT2D eigenvalue weighted by Crippen LogP contribution is -2.03. The first-order valence-corrected chi connectivity index (χ1v) is 7.56. The summed E-state index contributed by atoms with van der Waals surface area (Å²) in [5.74, 6) is 3.65. The zero-order valence-corrected chi connectivity index (χ0v) is 12.1. The minimum atomic E-state index is 0.236. The van der Waals surface area contributed by atoms with Crippen molar-refractivity contribution in [3.8, 4) is 11.5 Å². The topological polar surface area (TPSA) is 46.3 Å². The summed E-state index contributed by atoms with van der Waals surface area (Å²) in [7, 11) is 0. The molecule has 102 valence electrons. The number of aliphatic hydroxyl groups excluding tert-OH is 1. The predicted octanol–water partition coefficient (Wildman–Crippen LogP) is 3.51. The molecule has 1 N–H and O–H groups in total. The number of nitrogens with zero attached hydrogens (tertiary/aromatic N) is 1. The standard InChI is InChI=1S/C15H19NO2S/c1-11(8-17)9-19-10-14-12(2)18-15(16-14)13-6-4-3-5-7-13/h3-7,11,17H,8-10H2,1-2H3/t11-/m1/s1. The van der Waals surface area contributed by atoms with Crippen LogP contribution in [0.25, 0.3) is 11.5 Å². The molecule has 1 aromatic heterocycles. The van der Waals surface area contributed by atoms with E-state index in [2.05, 4.69) is 4.98 Å². The van der Waals surface area contributed by atoms with Crippen molar-refractivity contribution in [3.63, 3.8) is 0 Å². The van der Waals surface area contributed by atoms with Crippen LogP contribution in [0.1, 0.15) is 18.4 Å². The second-order valence-electron chi connectivity index (χ2n) is 4.69. The van der Waals surface area contributed by atoms with Crippen molar-refractivity contribution in [3.05, 3.63) is 41.8 Å². The molecule has 3 nitrogen and oxygen atoms in total. The molecule has 0 saturated carbocycles. The van der Waals surface area contributed by atoms with Crippen LogP contribution in [0.4, 0.5) is 0 Å². The molecule has 2 rings (SSSR count). The van der Waals surface area contributed by atoms with E-state index < -0.39 is 0 Å². The molecule has 4 heteroatoms. The highest BCUT2D eigenvalue weighted by atomic mass is 32.2. The van der Waals surface area contributed by atoms with Gasteiger partial charge in [0.1, 0.15) is 5.76 Å². The maximum absolute atomic E-state index is 8.99. The van der Waals surface area contributed by atoms with Gasteiger partial charge in [0, 0.05) is 17.9 Å². The molecule has 0 saturated heterocycles. The van der Waals surface area contributed by atoms with Gasteiger partial charge in [0.2, 0.25) is 5.89 Å². The minimum Gasteiger partial charge on any atom is -0.441 e. The SMILES string of the molecule is Cc1oc(-c2ccccc2)nc1CSC[C@H](C)CO. The van der Waals surface area contributed by atoms with Crippen molar-refractivity contribution >= 4 is 11.8 Å². The highest BCUT2D eigenvalue weighted by Crippen LogP contribution is 2.24. The molecule has 0 radical (unpaired) electrons. The quantitative estimate of drug-likeness (QED) is 0.877. The summed E-state index contributed by atoms with van der Waals surface area (Å²) in [6, 6.07) is 9.93. The van der Waals surface area contributed by atoms with Crippen LogP contribution < -0.4 is 0 Å². The fraction of sp³-hybridized carbons (Fsp3) is 0.400. The normalized spacial score (nSPS) is 12.6. The molecule has 0 amide bonds. The molecule has 0 aliphatic heterocycles. The molecule has 0 fully saturated rings. The molecule has 0 aliphatic carbocycles. The first-order valence-electron chi connectivity index (χ1n) is 6.41. The van der Waals surface area contributed by atoms with Crippen LogP contribution in [-0.2, 0) is 5.75 Å². The van der Waals surface area contributed by atoms with E-state index in [0.29, 0.717) is 11.8 Å². The van der Waals surface area contributed by atoms with E-state index in [1.165, 1.54) is 0 Å². The van der Waals surface area contributed by atoms with E-state index in [9.17, 15) is 0 Å². The summed E-state index contributed by atoms with van der Waals surface area (Å²) >= 11 is 1.78. The third-order valence-corrected chi connectivity index (χ3v) is 4.15. The Bertz CT molecular complexity index is 510. The van der Waals surface area contributed by atoms with Crippen LogP contribution in [-0.4, -0.2) is 22.5 Å². The zero-order valence-electron chi connectivity index (χ0n) is 11.3. The van der Waals surface area contributed by atoms with Crippen LogP contribution in [0.5, 0.6) is 0 Å². The van der Waals surface area contributed by atoms with Crippen LogP contribution in [0.2, 0.25) is 0 Å². The number of rotatable bonds is 6. The molecule has 0 aliphatic rings. The molecule has 0 bridgehead atoms. The number of oxazole rings is 1. The van der Waals surface area contributed by atoms with Crippen molar-refractivity contribution in [1.29, 1.82) is 0 Å². The van der Waals surface area contributed by atoms with Gasteiger partial charge >= 0.3 is 0 Å². The molecular formula is C15H19NO2S. The van der Waals surface area contributed by atoms with Gasteiger partial charge in [-0.25, -0.2) is 4.98 Å². The Morgan fingerprint density at radius 2 is 2.05 bits per heavy atom. The number of thioether (sulfide) groups is 1. The Hall–Kier alpha value is -1.26. The Morgan fingerprint density at radius 3 is 2.74 bits per heavy atom. The van der Waals surface area contributed by atoms with Crippen molar-refractivity contribution in [2.75, 3.05) is 12.4 Å². The third-order valence-electron chi connectivity index (χ3n) is 2.87. The number of aryl methyl sites for hydroxylation is 1. The van der Waals surface area contributed by atoms with Gasteiger partial charge in [-0.1, -0.05) is 25.1 Å². The average Bonchev–Trinajstić information content (AvgIpc) is 2.81. The van der Waals surface area contributed by atoms with Gasteiger partial charge in [-0.3, -0.25) is 0 Å². The van der Waals surface area contributed by atoms with Gasteiger partial charge in [0.25, 0.3) is 0 Å². The number of aliphatic hydroxyl groups is 1. The van der Waals surface area contributed by atoms with Gasteiger partial charge in [-0.2, -0.15) is 11.8 Å². The maximum atomic E-state index is 8.99. The largest absolute Gasteiger partial charge is 0.441 e. The molecule has 19 heavy (non-hydrogen) atoms. The first-order chi connectivity index (χ1) is 9.20. The van der Waals surface area contributed by atoms with E-state index in [0.717, 1.165) is 28.5 Å². The van der Waals surface area contributed by atoms with Crippen LogP contribution >= 0.6 is 11.8 Å². The summed E-state index contributed by atoms with van der Waals surface area (Å²) in [5, 5.41) is 8.99. The fourth-order valence-corrected chi connectivity index (χ4v) is 2.76. The zero-order chi connectivity index (χ0) is 13.7. The van der Waals surface area contributed by atoms with E-state index in [-0.39, 0.29) is 6.61 Å². The Kier molecular flexibility index (Phi) is 5.05. The van der Waals surface area contributed by atoms with Gasteiger partial charge < -0.3 is 9.52 Å². The predicted molar refractivity (Wildman–Crippen MR) is 79.1 cm³/mol. The van der Waals surface area contributed by atoms with E-state index in [4.69, 9.17) is 9.52 Å². The molecular weight excluding hydrogens is 258 g/mol. The number of benzene rings is 1. The summed E-state index contributed by atoms with van der Waals surface area (Å²) < 4.78 is 5.71. The lowest BCUT2D eigenvalue weighted by atomic mass is 10.2. The second kappa shape index (κ2) is 6.78. The Balaban J connectivity index is 2.01. The molecule has 0 spiro atoms. The number of aromatic nitrogens is 1. The third kappa shape index (κ3) is 3.85. The lowest BCUT2D eigenvalue weighted by Gasteiger charge is -2.05. The molecule has 0 unspecified atom stereocenters. The van der Waals surface area contributed by atoms with Crippen LogP contribution in [0, 0.1) is 12.8 Å². The summed E-state index contributed by atoms with van der Waals surface area (Å²) in [6.07, 6.45) is 0. The van der Waals surface area contributed by atoms with Crippen LogP contribution in [0.3, 0.4) is 0 Å².